The standard InChI is InChI=1S/C23H28ClFN2O2/c1-4-16(3)26-23(29)21(5-2)27(15-18-8-12-20(25)13-9-18)22(28)14-17-6-10-19(24)11-7-17/h6-13,16,21H,4-5,14-15H2,1-3H3,(H,26,29)/t16-,21+/m0/s1. The van der Waals surface area contributed by atoms with Gasteiger partial charge in [-0.25, -0.2) is 4.39 Å². The molecule has 2 aromatic carbocycles. The lowest BCUT2D eigenvalue weighted by Gasteiger charge is -2.31. The van der Waals surface area contributed by atoms with Crippen molar-refractivity contribution < 1.29 is 14.0 Å². The summed E-state index contributed by atoms with van der Waals surface area (Å²) >= 11 is 5.93. The van der Waals surface area contributed by atoms with Crippen LogP contribution < -0.4 is 5.32 Å². The lowest BCUT2D eigenvalue weighted by molar-refractivity contribution is -0.141. The predicted octanol–water partition coefficient (Wildman–Crippen LogP) is 4.74. The van der Waals surface area contributed by atoms with Gasteiger partial charge in [-0.2, -0.15) is 0 Å². The zero-order valence-corrected chi connectivity index (χ0v) is 17.9. The summed E-state index contributed by atoms with van der Waals surface area (Å²) in [5.41, 5.74) is 1.59. The Balaban J connectivity index is 2.26. The molecule has 1 N–H and O–H groups in total. The van der Waals surface area contributed by atoms with Crippen molar-refractivity contribution in [3.63, 3.8) is 0 Å². The van der Waals surface area contributed by atoms with E-state index in [0.29, 0.717) is 11.4 Å². The van der Waals surface area contributed by atoms with Crippen LogP contribution in [0.25, 0.3) is 0 Å². The largest absolute Gasteiger partial charge is 0.352 e. The molecule has 0 saturated heterocycles. The number of hydrogen-bond acceptors (Lipinski definition) is 2. The molecule has 2 aromatic rings. The van der Waals surface area contributed by atoms with E-state index >= 15 is 0 Å². The molecule has 0 heterocycles. The Morgan fingerprint density at radius 1 is 1.00 bits per heavy atom. The van der Waals surface area contributed by atoms with Crippen LogP contribution in [0, 0.1) is 5.82 Å². The summed E-state index contributed by atoms with van der Waals surface area (Å²) in [4.78, 5) is 27.6. The number of benzene rings is 2. The fourth-order valence-corrected chi connectivity index (χ4v) is 3.15. The van der Waals surface area contributed by atoms with Gasteiger partial charge in [0.05, 0.1) is 6.42 Å². The number of nitrogens with zero attached hydrogens (tertiary/aromatic N) is 1. The molecule has 0 aliphatic carbocycles. The molecule has 0 fully saturated rings. The molecule has 0 aliphatic heterocycles. The summed E-state index contributed by atoms with van der Waals surface area (Å²) in [6.07, 6.45) is 1.44. The predicted molar refractivity (Wildman–Crippen MR) is 114 cm³/mol. The van der Waals surface area contributed by atoms with E-state index in [0.717, 1.165) is 17.5 Å². The first kappa shape index (κ1) is 22.9. The van der Waals surface area contributed by atoms with Gasteiger partial charge in [-0.3, -0.25) is 9.59 Å². The maximum Gasteiger partial charge on any atom is 0.243 e. The molecule has 0 saturated carbocycles. The Labute approximate surface area is 177 Å². The minimum Gasteiger partial charge on any atom is -0.352 e. The molecule has 2 rings (SSSR count). The highest BCUT2D eigenvalue weighted by molar-refractivity contribution is 6.30. The van der Waals surface area contributed by atoms with E-state index in [4.69, 9.17) is 11.6 Å². The van der Waals surface area contributed by atoms with Crippen LogP contribution in [0.2, 0.25) is 5.02 Å². The Hall–Kier alpha value is -2.40. The Bertz CT molecular complexity index is 809. The van der Waals surface area contributed by atoms with E-state index in [2.05, 4.69) is 5.32 Å². The van der Waals surface area contributed by atoms with Crippen molar-refractivity contribution in [2.24, 2.45) is 0 Å². The van der Waals surface area contributed by atoms with Gasteiger partial charge in [0.25, 0.3) is 0 Å². The number of rotatable bonds is 9. The fraction of sp³-hybridized carbons (Fsp3) is 0.391. The lowest BCUT2D eigenvalue weighted by Crippen LogP contribution is -2.51. The summed E-state index contributed by atoms with van der Waals surface area (Å²) in [6.45, 7) is 6.05. The van der Waals surface area contributed by atoms with Crippen molar-refractivity contribution in [2.45, 2.75) is 58.7 Å². The lowest BCUT2D eigenvalue weighted by atomic mass is 10.1. The van der Waals surface area contributed by atoms with Crippen molar-refractivity contribution >= 4 is 23.4 Å². The van der Waals surface area contributed by atoms with Gasteiger partial charge < -0.3 is 10.2 Å². The highest BCUT2D eigenvalue weighted by atomic mass is 35.5. The normalized spacial score (nSPS) is 12.9. The number of carbonyl (C=O) groups excluding carboxylic acids is 2. The van der Waals surface area contributed by atoms with E-state index in [-0.39, 0.29) is 36.6 Å². The second-order valence-corrected chi connectivity index (χ2v) is 7.63. The van der Waals surface area contributed by atoms with E-state index in [9.17, 15) is 14.0 Å². The average Bonchev–Trinajstić information content (AvgIpc) is 2.70. The molecule has 2 atom stereocenters. The average molecular weight is 419 g/mol. The van der Waals surface area contributed by atoms with Crippen molar-refractivity contribution in [1.29, 1.82) is 0 Å². The first-order valence-electron chi connectivity index (χ1n) is 9.92. The molecular weight excluding hydrogens is 391 g/mol. The Kier molecular flexibility index (Phi) is 8.65. The van der Waals surface area contributed by atoms with Gasteiger partial charge in [0, 0.05) is 17.6 Å². The van der Waals surface area contributed by atoms with Crippen LogP contribution in [-0.4, -0.2) is 28.8 Å². The van der Waals surface area contributed by atoms with Crippen molar-refractivity contribution in [3.8, 4) is 0 Å². The van der Waals surface area contributed by atoms with Gasteiger partial charge in [-0.1, -0.05) is 49.7 Å². The van der Waals surface area contributed by atoms with Gasteiger partial charge in [-0.15, -0.1) is 0 Å². The molecule has 156 valence electrons. The quantitative estimate of drug-likeness (QED) is 0.639. The number of nitrogens with one attached hydrogen (secondary N) is 1. The van der Waals surface area contributed by atoms with Gasteiger partial charge in [-0.05, 0) is 55.2 Å². The van der Waals surface area contributed by atoms with Crippen LogP contribution in [0.15, 0.2) is 48.5 Å². The molecule has 0 radical (unpaired) electrons. The van der Waals surface area contributed by atoms with Gasteiger partial charge >= 0.3 is 0 Å². The second-order valence-electron chi connectivity index (χ2n) is 7.19. The molecule has 29 heavy (non-hydrogen) atoms. The third-order valence-electron chi connectivity index (χ3n) is 4.92. The van der Waals surface area contributed by atoms with Crippen molar-refractivity contribution in [3.05, 3.63) is 70.5 Å². The summed E-state index contributed by atoms with van der Waals surface area (Å²) < 4.78 is 13.3. The first-order valence-corrected chi connectivity index (χ1v) is 10.3. The second kappa shape index (κ2) is 11.0. The van der Waals surface area contributed by atoms with E-state index < -0.39 is 6.04 Å². The molecule has 0 bridgehead atoms. The van der Waals surface area contributed by atoms with Crippen LogP contribution in [0.5, 0.6) is 0 Å². The zero-order chi connectivity index (χ0) is 21.4. The highest BCUT2D eigenvalue weighted by Crippen LogP contribution is 2.17. The molecular formula is C23H28ClFN2O2. The number of amides is 2. The minimum atomic E-state index is -0.603. The molecule has 4 nitrogen and oxygen atoms in total. The fourth-order valence-electron chi connectivity index (χ4n) is 3.03. The summed E-state index contributed by atoms with van der Waals surface area (Å²) in [5.74, 6) is -0.675. The van der Waals surface area contributed by atoms with Gasteiger partial charge in [0.1, 0.15) is 11.9 Å². The molecule has 0 aliphatic rings. The van der Waals surface area contributed by atoms with Crippen LogP contribution in [0.4, 0.5) is 4.39 Å². The SMILES string of the molecule is CC[C@H](C(=O)N[C@@H](C)CC)N(Cc1ccc(F)cc1)C(=O)Cc1ccc(Cl)cc1. The maximum absolute atomic E-state index is 13.3. The third-order valence-corrected chi connectivity index (χ3v) is 5.17. The number of carbonyl (C=O) groups is 2. The molecule has 0 unspecified atom stereocenters. The van der Waals surface area contributed by atoms with Crippen LogP contribution >= 0.6 is 11.6 Å². The first-order chi connectivity index (χ1) is 13.8. The summed E-state index contributed by atoms with van der Waals surface area (Å²) in [5, 5.41) is 3.57. The zero-order valence-electron chi connectivity index (χ0n) is 17.1. The van der Waals surface area contributed by atoms with E-state index in [1.807, 2.05) is 20.8 Å². The van der Waals surface area contributed by atoms with E-state index in [1.165, 1.54) is 12.1 Å². The molecule has 2 amide bonds. The highest BCUT2D eigenvalue weighted by Gasteiger charge is 2.29. The topological polar surface area (TPSA) is 49.4 Å². The number of hydrogen-bond donors (Lipinski definition) is 1. The van der Waals surface area contributed by atoms with Crippen molar-refractivity contribution in [2.75, 3.05) is 0 Å². The summed E-state index contributed by atoms with van der Waals surface area (Å²) in [7, 11) is 0. The smallest absolute Gasteiger partial charge is 0.243 e. The third kappa shape index (κ3) is 6.86. The van der Waals surface area contributed by atoms with Crippen LogP contribution in [-0.2, 0) is 22.6 Å². The van der Waals surface area contributed by atoms with Crippen LogP contribution in [0.1, 0.15) is 44.7 Å². The summed E-state index contributed by atoms with van der Waals surface area (Å²) in [6, 6.07) is 12.5. The maximum atomic E-state index is 13.3. The molecule has 0 spiro atoms. The molecule has 0 aromatic heterocycles. The van der Waals surface area contributed by atoms with E-state index in [1.54, 1.807) is 41.3 Å². The van der Waals surface area contributed by atoms with Gasteiger partial charge in [0.15, 0.2) is 0 Å². The monoisotopic (exact) mass is 418 g/mol. The minimum absolute atomic E-state index is 0.0237. The van der Waals surface area contributed by atoms with Crippen LogP contribution in [0.3, 0.4) is 0 Å². The number of halogens is 2. The Morgan fingerprint density at radius 2 is 1.59 bits per heavy atom. The van der Waals surface area contributed by atoms with Crippen molar-refractivity contribution in [1.82, 2.24) is 10.2 Å². The Morgan fingerprint density at radius 3 is 2.14 bits per heavy atom. The molecule has 6 heteroatoms. The van der Waals surface area contributed by atoms with Gasteiger partial charge in [0.2, 0.25) is 11.8 Å².